The van der Waals surface area contributed by atoms with Crippen molar-refractivity contribution in [1.29, 1.82) is 0 Å². The van der Waals surface area contributed by atoms with Gasteiger partial charge in [-0.25, -0.2) is 4.79 Å². The van der Waals surface area contributed by atoms with Crippen LogP contribution < -0.4 is 5.32 Å². The summed E-state index contributed by atoms with van der Waals surface area (Å²) in [5.74, 6) is 0.248. The molecule has 1 aliphatic carbocycles. The zero-order valence-corrected chi connectivity index (χ0v) is 16.5. The van der Waals surface area contributed by atoms with Crippen LogP contribution in [0.15, 0.2) is 0 Å². The molecule has 1 atom stereocenters. The zero-order valence-electron chi connectivity index (χ0n) is 15.6. The summed E-state index contributed by atoms with van der Waals surface area (Å²) in [5, 5.41) is 3.64. The average molecular weight is 381 g/mol. The van der Waals surface area contributed by atoms with E-state index in [0.717, 1.165) is 51.1 Å². The molecule has 1 aromatic rings. The predicted octanol–water partition coefficient (Wildman–Crippen LogP) is 2.71. The summed E-state index contributed by atoms with van der Waals surface area (Å²) in [4.78, 5) is 28.4. The normalized spacial score (nSPS) is 20.5. The summed E-state index contributed by atoms with van der Waals surface area (Å²) in [7, 11) is 0. The number of morpholine rings is 1. The van der Waals surface area contributed by atoms with E-state index >= 15 is 0 Å². The van der Waals surface area contributed by atoms with Gasteiger partial charge in [-0.2, -0.15) is 0 Å². The maximum atomic E-state index is 12.5. The van der Waals surface area contributed by atoms with Gasteiger partial charge in [0.1, 0.15) is 5.00 Å². The first kappa shape index (κ1) is 19.3. The van der Waals surface area contributed by atoms with E-state index in [2.05, 4.69) is 17.1 Å². The minimum Gasteiger partial charge on any atom is -0.462 e. The van der Waals surface area contributed by atoms with Crippen molar-refractivity contribution in [2.24, 2.45) is 5.92 Å². The van der Waals surface area contributed by atoms with E-state index in [0.29, 0.717) is 36.1 Å². The number of carbonyl (C=O) groups excluding carboxylic acids is 2. The Bertz CT molecular complexity index is 652. The van der Waals surface area contributed by atoms with Crippen LogP contribution in [0, 0.1) is 5.92 Å². The molecular weight excluding hydrogens is 352 g/mol. The van der Waals surface area contributed by atoms with Crippen LogP contribution in [-0.2, 0) is 27.1 Å². The van der Waals surface area contributed by atoms with Gasteiger partial charge in [0.05, 0.1) is 25.4 Å². The fourth-order valence-electron chi connectivity index (χ4n) is 3.53. The molecule has 1 aromatic heterocycles. The number of amides is 1. The number of nitrogens with one attached hydrogen (secondary N) is 1. The Morgan fingerprint density at radius 3 is 2.85 bits per heavy atom. The Morgan fingerprint density at radius 2 is 2.12 bits per heavy atom. The third-order valence-electron chi connectivity index (χ3n) is 5.00. The molecule has 2 heterocycles. The van der Waals surface area contributed by atoms with Crippen LogP contribution in [-0.4, -0.2) is 56.2 Å². The quantitative estimate of drug-likeness (QED) is 0.769. The van der Waals surface area contributed by atoms with Crippen molar-refractivity contribution in [1.82, 2.24) is 4.90 Å². The second-order valence-corrected chi connectivity index (χ2v) is 8.13. The number of thiophene rings is 1. The van der Waals surface area contributed by atoms with E-state index in [9.17, 15) is 9.59 Å². The molecule has 144 valence electrons. The molecule has 6 nitrogen and oxygen atoms in total. The summed E-state index contributed by atoms with van der Waals surface area (Å²) < 4.78 is 10.6. The number of carbonyl (C=O) groups is 2. The van der Waals surface area contributed by atoms with E-state index < -0.39 is 0 Å². The number of anilines is 1. The molecule has 7 heteroatoms. The van der Waals surface area contributed by atoms with Crippen LogP contribution in [0.2, 0.25) is 0 Å². The second-order valence-electron chi connectivity index (χ2n) is 7.03. The van der Waals surface area contributed by atoms with Crippen LogP contribution in [0.1, 0.15) is 47.5 Å². The maximum Gasteiger partial charge on any atom is 0.341 e. The molecule has 1 N–H and O–H groups in total. The van der Waals surface area contributed by atoms with Gasteiger partial charge in [0.15, 0.2) is 0 Å². The van der Waals surface area contributed by atoms with Crippen LogP contribution in [0.4, 0.5) is 5.00 Å². The minimum atomic E-state index is -0.317. The Kier molecular flexibility index (Phi) is 6.67. The fraction of sp³-hybridized carbons (Fsp3) is 0.684. The van der Waals surface area contributed by atoms with E-state index in [4.69, 9.17) is 9.47 Å². The number of hydrogen-bond acceptors (Lipinski definition) is 6. The van der Waals surface area contributed by atoms with E-state index in [1.165, 1.54) is 4.88 Å². The highest BCUT2D eigenvalue weighted by atomic mass is 32.1. The van der Waals surface area contributed by atoms with Gasteiger partial charge in [-0.05, 0) is 37.7 Å². The van der Waals surface area contributed by atoms with Crippen molar-refractivity contribution in [3.05, 3.63) is 16.0 Å². The maximum absolute atomic E-state index is 12.5. The lowest BCUT2D eigenvalue weighted by Gasteiger charge is -2.26. The summed E-state index contributed by atoms with van der Waals surface area (Å²) in [6.07, 6.45) is 3.34. The highest BCUT2D eigenvalue weighted by molar-refractivity contribution is 7.17. The molecule has 1 aliphatic heterocycles. The molecule has 0 bridgehead atoms. The van der Waals surface area contributed by atoms with E-state index in [-0.39, 0.29) is 11.9 Å². The smallest absolute Gasteiger partial charge is 0.341 e. The SMILES string of the molecule is CCOC(=O)c1c(NC(=O)CCN2CCOCC2)sc2c1CC[C@H](C)C2. The predicted molar refractivity (Wildman–Crippen MR) is 102 cm³/mol. The van der Waals surface area contributed by atoms with E-state index in [1.807, 2.05) is 0 Å². The molecule has 0 radical (unpaired) electrons. The molecule has 0 spiro atoms. The van der Waals surface area contributed by atoms with Gasteiger partial charge in [0.25, 0.3) is 0 Å². The molecule has 1 fully saturated rings. The van der Waals surface area contributed by atoms with Crippen LogP contribution >= 0.6 is 11.3 Å². The first-order valence-electron chi connectivity index (χ1n) is 9.50. The summed E-state index contributed by atoms with van der Waals surface area (Å²) in [5.41, 5.74) is 1.66. The summed E-state index contributed by atoms with van der Waals surface area (Å²) in [6.45, 7) is 8.27. The number of nitrogens with zero attached hydrogens (tertiary/aromatic N) is 1. The largest absolute Gasteiger partial charge is 0.462 e. The molecule has 0 aromatic carbocycles. The Balaban J connectivity index is 1.69. The molecule has 2 aliphatic rings. The first-order chi connectivity index (χ1) is 12.6. The van der Waals surface area contributed by atoms with Crippen LogP contribution in [0.3, 0.4) is 0 Å². The number of rotatable bonds is 6. The van der Waals surface area contributed by atoms with Crippen molar-refractivity contribution >= 4 is 28.2 Å². The number of esters is 1. The van der Waals surface area contributed by atoms with Crippen molar-refractivity contribution < 1.29 is 19.1 Å². The molecule has 0 unspecified atom stereocenters. The highest BCUT2D eigenvalue weighted by Crippen LogP contribution is 2.40. The van der Waals surface area contributed by atoms with Crippen molar-refractivity contribution in [2.75, 3.05) is 44.8 Å². The van der Waals surface area contributed by atoms with Gasteiger partial charge >= 0.3 is 5.97 Å². The average Bonchev–Trinajstić information content (AvgIpc) is 2.98. The second kappa shape index (κ2) is 8.97. The van der Waals surface area contributed by atoms with Gasteiger partial charge in [0, 0.05) is 30.9 Å². The molecule has 3 rings (SSSR count). The monoisotopic (exact) mass is 380 g/mol. The fourth-order valence-corrected chi connectivity index (χ4v) is 4.95. The van der Waals surface area contributed by atoms with Gasteiger partial charge in [0.2, 0.25) is 5.91 Å². The van der Waals surface area contributed by atoms with Gasteiger partial charge in [-0.15, -0.1) is 11.3 Å². The van der Waals surface area contributed by atoms with Crippen LogP contribution in [0.25, 0.3) is 0 Å². The van der Waals surface area contributed by atoms with Gasteiger partial charge in [-0.1, -0.05) is 6.92 Å². The van der Waals surface area contributed by atoms with Crippen molar-refractivity contribution in [3.63, 3.8) is 0 Å². The number of fused-ring (bicyclic) bond motifs is 1. The highest BCUT2D eigenvalue weighted by Gasteiger charge is 2.29. The molecule has 1 amide bonds. The Hall–Kier alpha value is -1.44. The zero-order chi connectivity index (χ0) is 18.5. The third-order valence-corrected chi connectivity index (χ3v) is 6.17. The van der Waals surface area contributed by atoms with Gasteiger partial charge < -0.3 is 14.8 Å². The number of hydrogen-bond donors (Lipinski definition) is 1. The molecule has 0 saturated carbocycles. The third kappa shape index (κ3) is 4.64. The van der Waals surface area contributed by atoms with Gasteiger partial charge in [-0.3, -0.25) is 9.69 Å². The Labute approximate surface area is 158 Å². The summed E-state index contributed by atoms with van der Waals surface area (Å²) in [6, 6.07) is 0. The standard InChI is InChI=1S/C19H28N2O4S/c1-3-25-19(23)17-14-5-4-13(2)12-15(14)26-18(17)20-16(22)6-7-21-8-10-24-11-9-21/h13H,3-12H2,1-2H3,(H,20,22)/t13-/m0/s1. The lowest BCUT2D eigenvalue weighted by atomic mass is 9.88. The Morgan fingerprint density at radius 1 is 1.35 bits per heavy atom. The topological polar surface area (TPSA) is 67.9 Å². The molecule has 26 heavy (non-hydrogen) atoms. The van der Waals surface area contributed by atoms with Crippen molar-refractivity contribution in [3.8, 4) is 0 Å². The van der Waals surface area contributed by atoms with Crippen molar-refractivity contribution in [2.45, 2.75) is 39.5 Å². The summed E-state index contributed by atoms with van der Waals surface area (Å²) >= 11 is 1.54. The van der Waals surface area contributed by atoms with E-state index in [1.54, 1.807) is 18.3 Å². The lowest BCUT2D eigenvalue weighted by molar-refractivity contribution is -0.116. The minimum absolute atomic E-state index is 0.0475. The number of ether oxygens (including phenoxy) is 2. The molecule has 1 saturated heterocycles. The first-order valence-corrected chi connectivity index (χ1v) is 10.3. The lowest BCUT2D eigenvalue weighted by Crippen LogP contribution is -2.38. The molecular formula is C19H28N2O4S. The van der Waals surface area contributed by atoms with Crippen LogP contribution in [0.5, 0.6) is 0 Å².